The molecule has 2 amide bonds. The molecule has 0 spiro atoms. The number of aromatic nitrogens is 4. The first-order chi connectivity index (χ1) is 13.7. The molecule has 7 heteroatoms. The van der Waals surface area contributed by atoms with E-state index in [1.165, 1.54) is 0 Å². The van der Waals surface area contributed by atoms with Gasteiger partial charge in [0.2, 0.25) is 0 Å². The lowest BCUT2D eigenvalue weighted by Crippen LogP contribution is -2.35. The number of amides is 2. The smallest absolute Gasteiger partial charge is 0.315 e. The minimum Gasteiger partial charge on any atom is -0.334 e. The summed E-state index contributed by atoms with van der Waals surface area (Å²) in [4.78, 5) is 12.2. The van der Waals surface area contributed by atoms with Gasteiger partial charge in [-0.15, -0.1) is 5.10 Å². The topological polar surface area (TPSA) is 84.7 Å². The second kappa shape index (κ2) is 7.87. The first-order valence-corrected chi connectivity index (χ1v) is 9.03. The molecule has 1 heterocycles. The van der Waals surface area contributed by atoms with Crippen LogP contribution in [0.3, 0.4) is 0 Å². The van der Waals surface area contributed by atoms with E-state index in [0.717, 1.165) is 27.6 Å². The summed E-state index contributed by atoms with van der Waals surface area (Å²) < 4.78 is 1.62. The Morgan fingerprint density at radius 2 is 1.68 bits per heavy atom. The molecule has 7 nitrogen and oxygen atoms in total. The molecule has 2 N–H and O–H groups in total. The van der Waals surface area contributed by atoms with E-state index in [0.29, 0.717) is 12.4 Å². The maximum atomic E-state index is 12.2. The number of nitrogens with one attached hydrogen (secondary N) is 2. The summed E-state index contributed by atoms with van der Waals surface area (Å²) in [5.41, 5.74) is 3.07. The van der Waals surface area contributed by atoms with Crippen LogP contribution in [0, 0.1) is 6.92 Å². The van der Waals surface area contributed by atoms with E-state index < -0.39 is 0 Å². The van der Waals surface area contributed by atoms with Gasteiger partial charge < -0.3 is 10.6 Å². The van der Waals surface area contributed by atoms with Crippen LogP contribution in [0.15, 0.2) is 66.7 Å². The number of fused-ring (bicyclic) bond motifs is 1. The summed E-state index contributed by atoms with van der Waals surface area (Å²) >= 11 is 0. The summed E-state index contributed by atoms with van der Waals surface area (Å²) in [6.07, 6.45) is 0. The van der Waals surface area contributed by atoms with Gasteiger partial charge in [0.05, 0.1) is 12.2 Å². The molecule has 0 aliphatic heterocycles. The first kappa shape index (κ1) is 17.7. The van der Waals surface area contributed by atoms with Crippen molar-refractivity contribution < 1.29 is 4.79 Å². The minimum atomic E-state index is -0.272. The summed E-state index contributed by atoms with van der Waals surface area (Å²) in [6, 6.07) is 21.8. The number of benzene rings is 3. The molecule has 1 aromatic heterocycles. The fourth-order valence-electron chi connectivity index (χ4n) is 3.05. The molecule has 0 bridgehead atoms. The molecular formula is C21H20N6O. The maximum absolute atomic E-state index is 12.2. The molecule has 4 rings (SSSR count). The Labute approximate surface area is 162 Å². The molecule has 0 aliphatic carbocycles. The summed E-state index contributed by atoms with van der Waals surface area (Å²) in [5, 5.41) is 19.7. The van der Waals surface area contributed by atoms with Crippen molar-refractivity contribution in [2.24, 2.45) is 0 Å². The Kier molecular flexibility index (Phi) is 4.97. The second-order valence-electron chi connectivity index (χ2n) is 6.52. The number of aryl methyl sites for hydroxylation is 1. The predicted molar refractivity (Wildman–Crippen MR) is 107 cm³/mol. The molecule has 28 heavy (non-hydrogen) atoms. The predicted octanol–water partition coefficient (Wildman–Crippen LogP) is 3.12. The van der Waals surface area contributed by atoms with Crippen LogP contribution in [-0.2, 0) is 13.1 Å². The van der Waals surface area contributed by atoms with E-state index in [1.807, 2.05) is 55.5 Å². The normalized spacial score (nSPS) is 10.8. The highest BCUT2D eigenvalue weighted by Gasteiger charge is 2.10. The van der Waals surface area contributed by atoms with Gasteiger partial charge in [-0.3, -0.25) is 0 Å². The van der Waals surface area contributed by atoms with Crippen LogP contribution in [0.5, 0.6) is 0 Å². The molecule has 4 aromatic rings. The zero-order valence-electron chi connectivity index (χ0n) is 15.5. The number of nitrogens with zero attached hydrogens (tertiary/aromatic N) is 4. The third kappa shape index (κ3) is 3.83. The van der Waals surface area contributed by atoms with Gasteiger partial charge in [-0.1, -0.05) is 60.2 Å². The monoisotopic (exact) mass is 372 g/mol. The Balaban J connectivity index is 1.38. The first-order valence-electron chi connectivity index (χ1n) is 9.03. The van der Waals surface area contributed by atoms with Crippen LogP contribution >= 0.6 is 0 Å². The number of carbonyl (C=O) groups is 1. The highest BCUT2D eigenvalue weighted by atomic mass is 16.2. The highest BCUT2D eigenvalue weighted by Crippen LogP contribution is 2.18. The zero-order chi connectivity index (χ0) is 19.3. The van der Waals surface area contributed by atoms with E-state index in [9.17, 15) is 4.79 Å². The lowest BCUT2D eigenvalue weighted by atomic mass is 10.0. The number of urea groups is 1. The molecule has 0 saturated heterocycles. The van der Waals surface area contributed by atoms with Gasteiger partial charge in [0.1, 0.15) is 0 Å². The van der Waals surface area contributed by atoms with Crippen molar-refractivity contribution in [1.29, 1.82) is 0 Å². The van der Waals surface area contributed by atoms with Crippen molar-refractivity contribution in [2.75, 3.05) is 0 Å². The average molecular weight is 372 g/mol. The minimum absolute atomic E-state index is 0.224. The number of hydrogen-bond acceptors (Lipinski definition) is 4. The van der Waals surface area contributed by atoms with Crippen molar-refractivity contribution in [2.45, 2.75) is 20.0 Å². The van der Waals surface area contributed by atoms with Gasteiger partial charge in [-0.25, -0.2) is 4.79 Å². The number of carbonyl (C=O) groups excluding carboxylic acids is 1. The standard InChI is InChI=1S/C21H20N6O/c1-15-9-11-18(12-10-15)27-20(24-25-26-27)14-23-21(28)22-13-17-7-4-6-16-5-2-3-8-19(16)17/h2-12H,13-14H2,1H3,(H2,22,23,28). The van der Waals surface area contributed by atoms with Crippen molar-refractivity contribution in [3.63, 3.8) is 0 Å². The van der Waals surface area contributed by atoms with Crippen molar-refractivity contribution in [3.8, 4) is 5.69 Å². The molecular weight excluding hydrogens is 352 g/mol. The molecule has 0 saturated carbocycles. The number of hydrogen-bond donors (Lipinski definition) is 2. The summed E-state index contributed by atoms with van der Waals surface area (Å²) in [6.45, 7) is 2.68. The van der Waals surface area contributed by atoms with Crippen LogP contribution in [0.4, 0.5) is 4.79 Å². The molecule has 0 atom stereocenters. The van der Waals surface area contributed by atoms with Gasteiger partial charge in [0.25, 0.3) is 0 Å². The quantitative estimate of drug-likeness (QED) is 0.564. The molecule has 0 fully saturated rings. The second-order valence-corrected chi connectivity index (χ2v) is 6.52. The molecule has 140 valence electrons. The SMILES string of the molecule is Cc1ccc(-n2nnnc2CNC(=O)NCc2cccc3ccccc23)cc1. The molecule has 0 aliphatic rings. The van der Waals surface area contributed by atoms with Crippen LogP contribution in [0.2, 0.25) is 0 Å². The van der Waals surface area contributed by atoms with E-state index in [-0.39, 0.29) is 12.6 Å². The molecule has 0 unspecified atom stereocenters. The average Bonchev–Trinajstić information content (AvgIpc) is 3.20. The Morgan fingerprint density at radius 3 is 2.54 bits per heavy atom. The third-order valence-electron chi connectivity index (χ3n) is 4.54. The lowest BCUT2D eigenvalue weighted by Gasteiger charge is -2.10. The Morgan fingerprint density at radius 1 is 0.929 bits per heavy atom. The van der Waals surface area contributed by atoms with E-state index >= 15 is 0 Å². The number of tetrazole rings is 1. The Bertz CT molecular complexity index is 1100. The lowest BCUT2D eigenvalue weighted by molar-refractivity contribution is 0.240. The van der Waals surface area contributed by atoms with E-state index in [2.05, 4.69) is 44.4 Å². The fourth-order valence-corrected chi connectivity index (χ4v) is 3.05. The summed E-state index contributed by atoms with van der Waals surface area (Å²) in [7, 11) is 0. The fraction of sp³-hybridized carbons (Fsp3) is 0.143. The highest BCUT2D eigenvalue weighted by molar-refractivity contribution is 5.86. The zero-order valence-corrected chi connectivity index (χ0v) is 15.5. The van der Waals surface area contributed by atoms with Gasteiger partial charge in [0.15, 0.2) is 5.82 Å². The van der Waals surface area contributed by atoms with Gasteiger partial charge in [-0.2, -0.15) is 4.68 Å². The largest absolute Gasteiger partial charge is 0.334 e. The number of rotatable bonds is 5. The van der Waals surface area contributed by atoms with Crippen molar-refractivity contribution >= 4 is 16.8 Å². The van der Waals surface area contributed by atoms with E-state index in [4.69, 9.17) is 0 Å². The van der Waals surface area contributed by atoms with Gasteiger partial charge in [0, 0.05) is 6.54 Å². The van der Waals surface area contributed by atoms with Gasteiger partial charge in [-0.05, 0) is 45.8 Å². The molecule has 3 aromatic carbocycles. The van der Waals surface area contributed by atoms with Crippen LogP contribution in [0.25, 0.3) is 16.5 Å². The van der Waals surface area contributed by atoms with Crippen molar-refractivity contribution in [1.82, 2.24) is 30.8 Å². The van der Waals surface area contributed by atoms with Crippen LogP contribution in [0.1, 0.15) is 17.0 Å². The van der Waals surface area contributed by atoms with Crippen molar-refractivity contribution in [3.05, 3.63) is 83.7 Å². The van der Waals surface area contributed by atoms with Crippen LogP contribution < -0.4 is 10.6 Å². The summed E-state index contributed by atoms with van der Waals surface area (Å²) in [5.74, 6) is 0.559. The van der Waals surface area contributed by atoms with Gasteiger partial charge >= 0.3 is 6.03 Å². The maximum Gasteiger partial charge on any atom is 0.315 e. The van der Waals surface area contributed by atoms with Crippen LogP contribution in [-0.4, -0.2) is 26.2 Å². The third-order valence-corrected chi connectivity index (χ3v) is 4.54. The Hall–Kier alpha value is -3.74. The van der Waals surface area contributed by atoms with E-state index in [1.54, 1.807) is 4.68 Å². The molecule has 0 radical (unpaired) electrons.